The Morgan fingerprint density at radius 1 is 0.655 bits per heavy atom. The van der Waals surface area contributed by atoms with Gasteiger partial charge in [0.05, 0.1) is 37.4 Å². The minimum Gasteiger partial charge on any atom is -0.479 e. The second-order valence-corrected chi connectivity index (χ2v) is 28.8. The van der Waals surface area contributed by atoms with Gasteiger partial charge < -0.3 is 119 Å². The molecule has 4 saturated heterocycles. The maximum Gasteiger partial charge on any atom is 0.335 e. The van der Waals surface area contributed by atoms with E-state index in [4.69, 9.17) is 47.4 Å². The molecule has 4 aliphatic heterocycles. The molecular weight excluding hydrogens is 1150 g/mol. The Morgan fingerprint density at radius 3 is 1.89 bits per heavy atom. The maximum absolute atomic E-state index is 13.3. The van der Waals surface area contributed by atoms with Gasteiger partial charge in [0.25, 0.3) is 0 Å². The number of ether oxygens (including phenoxy) is 10. The number of carboxylic acids is 1. The van der Waals surface area contributed by atoms with Gasteiger partial charge in [-0.05, 0) is 90.3 Å². The van der Waals surface area contributed by atoms with Crippen molar-refractivity contribution in [2.75, 3.05) is 26.4 Å². The molecule has 0 aromatic heterocycles. The van der Waals surface area contributed by atoms with E-state index in [0.29, 0.717) is 38.5 Å². The highest BCUT2D eigenvalue weighted by molar-refractivity contribution is 5.73. The molecule has 0 spiro atoms. The number of aliphatic carboxylic acids is 1. The fourth-order valence-electron chi connectivity index (χ4n) is 17.5. The molecule has 14 N–H and O–H groups in total. The molecule has 0 unspecified atom stereocenters. The number of aliphatic hydroxyl groups excluding tert-OH is 13. The molecule has 498 valence electrons. The zero-order valence-corrected chi connectivity index (χ0v) is 51.2. The number of aliphatic hydroxyl groups is 13. The van der Waals surface area contributed by atoms with E-state index in [2.05, 4.69) is 26.8 Å². The van der Waals surface area contributed by atoms with E-state index < -0.39 is 217 Å². The van der Waals surface area contributed by atoms with E-state index in [0.717, 1.165) is 5.57 Å². The lowest BCUT2D eigenvalue weighted by molar-refractivity contribution is -0.401. The Bertz CT molecular complexity index is 2480. The fourth-order valence-corrected chi connectivity index (χ4v) is 17.5. The average Bonchev–Trinajstić information content (AvgIpc) is 0.678. The second kappa shape index (κ2) is 25.3. The van der Waals surface area contributed by atoms with Crippen molar-refractivity contribution in [3.05, 3.63) is 11.6 Å². The summed E-state index contributed by atoms with van der Waals surface area (Å²) in [6.45, 7) is 17.0. The van der Waals surface area contributed by atoms with Gasteiger partial charge in [0, 0.05) is 18.8 Å². The minimum atomic E-state index is -2.27. The van der Waals surface area contributed by atoms with Crippen LogP contribution in [0, 0.1) is 56.2 Å². The van der Waals surface area contributed by atoms with Gasteiger partial charge in [-0.1, -0.05) is 74.0 Å². The predicted molar refractivity (Wildman–Crippen MR) is 294 cm³/mol. The normalized spacial score (nSPS) is 50.3. The first-order valence-electron chi connectivity index (χ1n) is 30.7. The highest BCUT2D eigenvalue weighted by atomic mass is 16.8. The Kier molecular flexibility index (Phi) is 20.0. The second-order valence-electron chi connectivity index (χ2n) is 28.8. The number of fused-ring (bicyclic) bond motifs is 7. The van der Waals surface area contributed by atoms with Crippen LogP contribution in [0.1, 0.15) is 121 Å². The summed E-state index contributed by atoms with van der Waals surface area (Å²) in [6, 6.07) is 0. The highest BCUT2D eigenvalue weighted by Crippen LogP contribution is 2.76. The molecule has 87 heavy (non-hydrogen) atoms. The maximum atomic E-state index is 13.3. The zero-order chi connectivity index (χ0) is 64.2. The van der Waals surface area contributed by atoms with Gasteiger partial charge >= 0.3 is 17.9 Å². The van der Waals surface area contributed by atoms with E-state index >= 15 is 0 Å². The van der Waals surface area contributed by atoms with E-state index in [1.165, 1.54) is 6.92 Å². The summed E-state index contributed by atoms with van der Waals surface area (Å²) < 4.78 is 60.2. The van der Waals surface area contributed by atoms with Crippen LogP contribution in [0.3, 0.4) is 0 Å². The number of allylic oxidation sites excluding steroid dienone is 2. The van der Waals surface area contributed by atoms with Crippen LogP contribution in [0.5, 0.6) is 0 Å². The van der Waals surface area contributed by atoms with Gasteiger partial charge in [0.1, 0.15) is 104 Å². The molecule has 30 atom stereocenters. The van der Waals surface area contributed by atoms with Gasteiger partial charge in [-0.25, -0.2) is 4.79 Å². The number of hydrogen-bond acceptors (Lipinski definition) is 26. The molecule has 0 amide bonds. The van der Waals surface area contributed by atoms with Gasteiger partial charge in [-0.3, -0.25) is 9.59 Å². The molecule has 0 radical (unpaired) electrons. The van der Waals surface area contributed by atoms with Crippen molar-refractivity contribution in [3.8, 4) is 0 Å². The SMILES string of the molecule is CC(=O)OC[C@@]12[C@H](O)C[C@]3(C)C(=CC[C@@H]4[C@@]5(C)CC[C@H](O[C@@H]6O[C@H](C(=O)O)[C@@H](O)[C@H](O[C@@H]7O[C@H](CO)[C@H](O)[C@H](O[C@@H]8OC[C@H](O)[C@H](O)[C@H]8O)[C@H]7O)[C@H]6O[C@@H]6O[C@H](CO)[C@H](O)[C@H](O)[C@H]6O)C(C)(C)[C@@H]5CC[C@]43C)[C@@H]1CC(C)(C)[C@@H](OC(=O)CC(C)C)[C@@H]2O. The van der Waals surface area contributed by atoms with Crippen molar-refractivity contribution >= 4 is 17.9 Å². The Balaban J connectivity index is 1.03. The first-order valence-corrected chi connectivity index (χ1v) is 30.7. The van der Waals surface area contributed by atoms with Crippen LogP contribution in [0.15, 0.2) is 11.6 Å². The summed E-state index contributed by atoms with van der Waals surface area (Å²) in [5.41, 5.74) is -3.53. The highest BCUT2D eigenvalue weighted by Gasteiger charge is 2.74. The molecule has 27 heteroatoms. The standard InChI is InChI=1S/C60H96O27/c1-24(2)17-35(66)83-49-48(75)60(23-79-25(3)63)27(18-55(49,4)5)26-11-12-32-57(8)15-14-34(56(6,7)31(57)13-16-58(32,9)59(26,10)19-33(60)65)82-54-47(87-52-41(72)39(70)37(68)29(20-61)80-52)45(42(73)46(86-54)50(76)77)85-53-43(74)44(38(69)30(21-62)81-53)84-51-40(71)36(67)28(64)22-78-51/h11,24,27-34,36-49,51-54,61-62,64-65,67-75H,12-23H2,1-10H3,(H,76,77)/t27-,28-,29+,30+,31-,32+,33+,34-,36-,37-,38-,39-,40+,41+,42-,43+,44-,45-,46-,47+,48-,49-,51-,52-,53-,54+,57-,58+,59+,60-/m0/s1. The Morgan fingerprint density at radius 2 is 1.26 bits per heavy atom. The van der Waals surface area contributed by atoms with Crippen LogP contribution in [0.2, 0.25) is 0 Å². The summed E-state index contributed by atoms with van der Waals surface area (Å²) in [5, 5.41) is 156. The third-order valence-electron chi connectivity index (χ3n) is 22.5. The van der Waals surface area contributed by atoms with Crippen molar-refractivity contribution in [1.82, 2.24) is 0 Å². The lowest BCUT2D eigenvalue weighted by atomic mass is 9.33. The molecule has 0 bridgehead atoms. The number of esters is 2. The summed E-state index contributed by atoms with van der Waals surface area (Å²) in [6.07, 6.45) is -35.2. The lowest BCUT2D eigenvalue weighted by Gasteiger charge is -2.72. The van der Waals surface area contributed by atoms with Crippen molar-refractivity contribution in [2.24, 2.45) is 56.2 Å². The zero-order valence-electron chi connectivity index (χ0n) is 51.2. The molecule has 0 aromatic carbocycles. The monoisotopic (exact) mass is 1250 g/mol. The fraction of sp³-hybridized carbons (Fsp3) is 0.917. The summed E-state index contributed by atoms with van der Waals surface area (Å²) in [4.78, 5) is 39.1. The molecule has 27 nitrogen and oxygen atoms in total. The molecule has 4 saturated carbocycles. The minimum absolute atomic E-state index is 0.00889. The van der Waals surface area contributed by atoms with Crippen LogP contribution in [0.4, 0.5) is 0 Å². The van der Waals surface area contributed by atoms with E-state index in [1.807, 2.05) is 41.5 Å². The third-order valence-corrected chi connectivity index (χ3v) is 22.5. The van der Waals surface area contributed by atoms with Gasteiger partial charge in [0.15, 0.2) is 31.3 Å². The first kappa shape index (κ1) is 68.7. The quantitative estimate of drug-likeness (QED) is 0.0463. The molecule has 5 aliphatic carbocycles. The number of carbonyl (C=O) groups excluding carboxylic acids is 2. The largest absolute Gasteiger partial charge is 0.479 e. The van der Waals surface area contributed by atoms with Crippen molar-refractivity contribution in [1.29, 1.82) is 0 Å². The summed E-state index contributed by atoms with van der Waals surface area (Å²) in [5.74, 6) is -3.42. The van der Waals surface area contributed by atoms with E-state index in [-0.39, 0.29) is 37.2 Å². The molecule has 4 heterocycles. The molecule has 0 aromatic rings. The smallest absolute Gasteiger partial charge is 0.335 e. The number of carboxylic acid groups (broad SMARTS) is 1. The molecule has 9 aliphatic rings. The van der Waals surface area contributed by atoms with E-state index in [1.54, 1.807) is 0 Å². The average molecular weight is 1250 g/mol. The molecule has 9 rings (SSSR count). The van der Waals surface area contributed by atoms with Crippen LogP contribution < -0.4 is 0 Å². The van der Waals surface area contributed by atoms with Crippen molar-refractivity contribution in [2.45, 2.75) is 262 Å². The first-order chi connectivity index (χ1) is 40.6. The topological polar surface area (TPSA) is 427 Å². The third kappa shape index (κ3) is 11.8. The Hall–Kier alpha value is -2.69. The molecule has 8 fully saturated rings. The lowest BCUT2D eigenvalue weighted by Crippen LogP contribution is -2.72. The Labute approximate surface area is 505 Å². The number of hydrogen-bond donors (Lipinski definition) is 14. The van der Waals surface area contributed by atoms with Gasteiger partial charge in [-0.15, -0.1) is 0 Å². The van der Waals surface area contributed by atoms with Crippen molar-refractivity contribution < 1.29 is 133 Å². The van der Waals surface area contributed by atoms with Crippen molar-refractivity contribution in [3.63, 3.8) is 0 Å². The van der Waals surface area contributed by atoms with Crippen LogP contribution >= 0.6 is 0 Å². The predicted octanol–water partition coefficient (Wildman–Crippen LogP) is -1.75. The van der Waals surface area contributed by atoms with Crippen LogP contribution in [-0.4, -0.2) is 257 Å². The number of carbonyl (C=O) groups is 3. The van der Waals surface area contributed by atoms with Crippen LogP contribution in [0.25, 0.3) is 0 Å². The summed E-state index contributed by atoms with van der Waals surface area (Å²) >= 11 is 0. The summed E-state index contributed by atoms with van der Waals surface area (Å²) in [7, 11) is 0. The van der Waals surface area contributed by atoms with Crippen LogP contribution in [-0.2, 0) is 61.8 Å². The van der Waals surface area contributed by atoms with Gasteiger partial charge in [0.2, 0.25) is 0 Å². The number of rotatable bonds is 16. The van der Waals surface area contributed by atoms with Gasteiger partial charge in [-0.2, -0.15) is 0 Å². The molecular formula is C60H96O27. The van der Waals surface area contributed by atoms with E-state index in [9.17, 15) is 85.9 Å².